The van der Waals surface area contributed by atoms with E-state index in [0.717, 1.165) is 12.1 Å². The van der Waals surface area contributed by atoms with Gasteiger partial charge in [-0.15, -0.1) is 13.2 Å². The number of benzene rings is 1. The smallest absolute Gasteiger partial charge is 0.406 e. The molecule has 1 N–H and O–H groups in total. The quantitative estimate of drug-likeness (QED) is 0.696. The van der Waals surface area contributed by atoms with Crippen molar-refractivity contribution in [1.82, 2.24) is 4.98 Å². The Bertz CT molecular complexity index is 614. The average molecular weight is 287 g/mol. The Kier molecular flexibility index (Phi) is 3.89. The van der Waals surface area contributed by atoms with Crippen LogP contribution in [0.4, 0.5) is 17.6 Å². The zero-order chi connectivity index (χ0) is 14.8. The minimum absolute atomic E-state index is 0.0106. The lowest BCUT2D eigenvalue weighted by Gasteiger charge is -2.10. The highest BCUT2D eigenvalue weighted by Gasteiger charge is 2.31. The molecule has 1 aromatic carbocycles. The van der Waals surface area contributed by atoms with Crippen molar-refractivity contribution in [1.29, 1.82) is 0 Å². The Labute approximate surface area is 111 Å². The van der Waals surface area contributed by atoms with E-state index in [1.807, 2.05) is 0 Å². The first-order valence-electron chi connectivity index (χ1n) is 5.51. The second kappa shape index (κ2) is 5.46. The Morgan fingerprint density at radius 2 is 1.90 bits per heavy atom. The second-order valence-electron chi connectivity index (χ2n) is 3.88. The summed E-state index contributed by atoms with van der Waals surface area (Å²) in [7, 11) is 0. The van der Waals surface area contributed by atoms with E-state index in [-0.39, 0.29) is 16.8 Å². The normalized spacial score (nSPS) is 11.4. The van der Waals surface area contributed by atoms with Gasteiger partial charge in [0.25, 0.3) is 0 Å². The maximum atomic E-state index is 13.4. The molecule has 0 amide bonds. The molecule has 1 aromatic heterocycles. The van der Waals surface area contributed by atoms with E-state index in [2.05, 4.69) is 9.72 Å². The molecule has 2 aromatic rings. The predicted molar refractivity (Wildman–Crippen MR) is 62.2 cm³/mol. The van der Waals surface area contributed by atoms with Crippen LogP contribution in [0, 0.1) is 5.95 Å². The van der Waals surface area contributed by atoms with Gasteiger partial charge in [0.15, 0.2) is 0 Å². The molecule has 0 atom stereocenters. The SMILES string of the molecule is OCc1ccc(-c2cccc(OC(F)(F)F)c2)nc1F. The van der Waals surface area contributed by atoms with Crippen molar-refractivity contribution < 1.29 is 27.4 Å². The molecule has 0 aliphatic heterocycles. The largest absolute Gasteiger partial charge is 0.573 e. The number of aliphatic hydroxyl groups is 1. The molecule has 20 heavy (non-hydrogen) atoms. The molecule has 0 radical (unpaired) electrons. The van der Waals surface area contributed by atoms with E-state index in [4.69, 9.17) is 5.11 Å². The third-order valence-corrected chi connectivity index (χ3v) is 2.46. The van der Waals surface area contributed by atoms with Crippen molar-refractivity contribution in [2.24, 2.45) is 0 Å². The molecule has 106 valence electrons. The number of rotatable bonds is 3. The van der Waals surface area contributed by atoms with Gasteiger partial charge in [-0.1, -0.05) is 12.1 Å². The van der Waals surface area contributed by atoms with Gasteiger partial charge >= 0.3 is 6.36 Å². The highest BCUT2D eigenvalue weighted by atomic mass is 19.4. The van der Waals surface area contributed by atoms with Crippen molar-refractivity contribution in [3.8, 4) is 17.0 Å². The number of aliphatic hydroxyl groups excluding tert-OH is 1. The van der Waals surface area contributed by atoms with Crippen LogP contribution < -0.4 is 4.74 Å². The fraction of sp³-hybridized carbons (Fsp3) is 0.154. The number of hydrogen-bond donors (Lipinski definition) is 1. The third-order valence-electron chi connectivity index (χ3n) is 2.46. The van der Waals surface area contributed by atoms with Gasteiger partial charge in [0.05, 0.1) is 12.3 Å². The van der Waals surface area contributed by atoms with E-state index < -0.39 is 24.7 Å². The Morgan fingerprint density at radius 1 is 1.15 bits per heavy atom. The fourth-order valence-corrected chi connectivity index (χ4v) is 1.59. The highest BCUT2D eigenvalue weighted by Crippen LogP contribution is 2.27. The molecule has 0 saturated heterocycles. The van der Waals surface area contributed by atoms with Gasteiger partial charge < -0.3 is 9.84 Å². The molecule has 2 rings (SSSR count). The predicted octanol–water partition coefficient (Wildman–Crippen LogP) is 3.28. The summed E-state index contributed by atoms with van der Waals surface area (Å²) in [5.74, 6) is -1.28. The highest BCUT2D eigenvalue weighted by molar-refractivity contribution is 5.61. The van der Waals surface area contributed by atoms with Gasteiger partial charge in [0.1, 0.15) is 5.75 Å². The van der Waals surface area contributed by atoms with Gasteiger partial charge in [-0.3, -0.25) is 0 Å². The summed E-state index contributed by atoms with van der Waals surface area (Å²) in [6.07, 6.45) is -4.79. The number of ether oxygens (including phenoxy) is 1. The summed E-state index contributed by atoms with van der Waals surface area (Å²) >= 11 is 0. The average Bonchev–Trinajstić information content (AvgIpc) is 2.37. The van der Waals surface area contributed by atoms with Crippen molar-refractivity contribution in [2.75, 3.05) is 0 Å². The van der Waals surface area contributed by atoms with Crippen molar-refractivity contribution in [3.63, 3.8) is 0 Å². The van der Waals surface area contributed by atoms with Crippen LogP contribution in [0.25, 0.3) is 11.3 Å². The first-order valence-corrected chi connectivity index (χ1v) is 5.51. The fourth-order valence-electron chi connectivity index (χ4n) is 1.59. The zero-order valence-corrected chi connectivity index (χ0v) is 9.99. The number of aromatic nitrogens is 1. The lowest BCUT2D eigenvalue weighted by Crippen LogP contribution is -2.17. The molecule has 0 spiro atoms. The van der Waals surface area contributed by atoms with Gasteiger partial charge in [0.2, 0.25) is 5.95 Å². The third kappa shape index (κ3) is 3.45. The van der Waals surface area contributed by atoms with Crippen LogP contribution >= 0.6 is 0 Å². The van der Waals surface area contributed by atoms with E-state index in [1.54, 1.807) is 0 Å². The summed E-state index contributed by atoms with van der Waals surface area (Å²) in [5.41, 5.74) is 0.430. The van der Waals surface area contributed by atoms with Crippen LogP contribution in [0.1, 0.15) is 5.56 Å². The summed E-state index contributed by atoms with van der Waals surface area (Å²) in [6.45, 7) is -0.504. The van der Waals surface area contributed by atoms with E-state index in [1.165, 1.54) is 24.3 Å². The van der Waals surface area contributed by atoms with E-state index in [0.29, 0.717) is 0 Å². The molecule has 0 bridgehead atoms. The summed E-state index contributed by atoms with van der Waals surface area (Å²) < 4.78 is 53.5. The topological polar surface area (TPSA) is 42.4 Å². The monoisotopic (exact) mass is 287 g/mol. The molecular formula is C13H9F4NO2. The minimum Gasteiger partial charge on any atom is -0.406 e. The zero-order valence-electron chi connectivity index (χ0n) is 9.99. The van der Waals surface area contributed by atoms with E-state index in [9.17, 15) is 17.6 Å². The lowest BCUT2D eigenvalue weighted by atomic mass is 10.1. The van der Waals surface area contributed by atoms with Crippen LogP contribution in [0.3, 0.4) is 0 Å². The Morgan fingerprint density at radius 3 is 2.50 bits per heavy atom. The molecular weight excluding hydrogens is 278 g/mol. The molecule has 7 heteroatoms. The standard InChI is InChI=1S/C13H9F4NO2/c14-12-9(7-19)4-5-11(18-12)8-2-1-3-10(6-8)20-13(15,16)17/h1-6,19H,7H2. The first-order chi connectivity index (χ1) is 9.39. The van der Waals surface area contributed by atoms with Gasteiger partial charge in [0, 0.05) is 11.1 Å². The van der Waals surface area contributed by atoms with Gasteiger partial charge in [-0.2, -0.15) is 4.39 Å². The number of nitrogens with zero attached hydrogens (tertiary/aromatic N) is 1. The van der Waals surface area contributed by atoms with Crippen molar-refractivity contribution >= 4 is 0 Å². The molecule has 0 aliphatic rings. The van der Waals surface area contributed by atoms with E-state index >= 15 is 0 Å². The lowest BCUT2D eigenvalue weighted by molar-refractivity contribution is -0.274. The number of hydrogen-bond acceptors (Lipinski definition) is 3. The maximum absolute atomic E-state index is 13.4. The molecule has 0 fully saturated rings. The summed E-state index contributed by atoms with van der Waals surface area (Å²) in [4.78, 5) is 3.59. The van der Waals surface area contributed by atoms with Gasteiger partial charge in [-0.05, 0) is 24.3 Å². The summed E-state index contributed by atoms with van der Waals surface area (Å²) in [6, 6.07) is 7.78. The molecule has 0 saturated carbocycles. The van der Waals surface area contributed by atoms with Crippen LogP contribution in [0.5, 0.6) is 5.75 Å². The minimum atomic E-state index is -4.79. The van der Waals surface area contributed by atoms with Crippen molar-refractivity contribution in [3.05, 3.63) is 47.9 Å². The molecule has 0 unspecified atom stereocenters. The van der Waals surface area contributed by atoms with Gasteiger partial charge in [-0.25, -0.2) is 4.98 Å². The maximum Gasteiger partial charge on any atom is 0.573 e. The number of pyridine rings is 1. The Balaban J connectivity index is 2.33. The van der Waals surface area contributed by atoms with Crippen molar-refractivity contribution in [2.45, 2.75) is 13.0 Å². The van der Waals surface area contributed by atoms with Crippen LogP contribution in [0.15, 0.2) is 36.4 Å². The van der Waals surface area contributed by atoms with Crippen LogP contribution in [-0.4, -0.2) is 16.5 Å². The number of halogens is 4. The summed E-state index contributed by atoms with van der Waals surface area (Å²) in [5, 5.41) is 8.83. The second-order valence-corrected chi connectivity index (χ2v) is 3.88. The molecule has 1 heterocycles. The van der Waals surface area contributed by atoms with Crippen LogP contribution in [0.2, 0.25) is 0 Å². The molecule has 3 nitrogen and oxygen atoms in total. The van der Waals surface area contributed by atoms with Crippen LogP contribution in [-0.2, 0) is 6.61 Å². The Hall–Kier alpha value is -2.15. The number of alkyl halides is 3. The first kappa shape index (κ1) is 14.3. The molecule has 0 aliphatic carbocycles.